The number of allylic oxidation sites excluding steroid dienone is 1. The summed E-state index contributed by atoms with van der Waals surface area (Å²) in [5, 5.41) is 0. The molecule has 0 aliphatic heterocycles. The molecule has 13 heavy (non-hydrogen) atoms. The molecule has 0 aliphatic rings. The minimum atomic E-state index is -5.38. The summed E-state index contributed by atoms with van der Waals surface area (Å²) in [6, 6.07) is -0.645. The van der Waals surface area contributed by atoms with E-state index in [9.17, 15) is 16.7 Å². The van der Waals surface area contributed by atoms with Crippen LogP contribution in [0.1, 0.15) is 19.8 Å². The van der Waals surface area contributed by atoms with Gasteiger partial charge in [0, 0.05) is 6.04 Å². The van der Waals surface area contributed by atoms with E-state index in [0.29, 0.717) is 12.8 Å². The molecule has 80 valence electrons. The Morgan fingerprint density at radius 2 is 1.85 bits per heavy atom. The van der Waals surface area contributed by atoms with E-state index >= 15 is 0 Å². The Bertz CT molecular complexity index is 146. The molecule has 0 aromatic rings. The third-order valence-electron chi connectivity index (χ3n) is 1.55. The highest BCUT2D eigenvalue weighted by molar-refractivity contribution is 6.58. The van der Waals surface area contributed by atoms with Gasteiger partial charge in [-0.1, -0.05) is 13.0 Å². The van der Waals surface area contributed by atoms with Gasteiger partial charge in [-0.3, -0.25) is 0 Å². The molecule has 0 aromatic heterocycles. The van der Waals surface area contributed by atoms with Gasteiger partial charge >= 0.3 is 9.08 Å². The van der Waals surface area contributed by atoms with Crippen molar-refractivity contribution < 1.29 is 22.2 Å². The lowest BCUT2D eigenvalue weighted by Crippen LogP contribution is -2.15. The quantitative estimate of drug-likeness (QED) is 0.386. The fraction of sp³-hybridized carbons (Fsp3) is 0.714. The number of hydrogen-bond acceptors (Lipinski definition) is 0. The second-order valence-corrected chi connectivity index (χ2v) is 4.59. The molecule has 0 spiro atoms. The predicted octanol–water partition coefficient (Wildman–Crippen LogP) is 2.91. The molecule has 2 N–H and O–H groups in total. The minimum Gasteiger partial charge on any atom is -0.412 e. The maximum absolute atomic E-state index is 11.8. The third kappa shape index (κ3) is 11.6. The first-order valence-electron chi connectivity index (χ1n) is 3.77. The van der Waals surface area contributed by atoms with Gasteiger partial charge in [-0.25, -0.2) is 16.7 Å². The summed E-state index contributed by atoms with van der Waals surface area (Å²) in [6.45, 7) is 1.69. The van der Waals surface area contributed by atoms with Crippen LogP contribution < -0.4 is 0 Å². The van der Waals surface area contributed by atoms with Crippen LogP contribution in [-0.4, -0.2) is 14.6 Å². The van der Waals surface area contributed by atoms with Crippen molar-refractivity contribution in [1.29, 1.82) is 0 Å². The normalized spacial score (nSPS) is 14.2. The maximum atomic E-state index is 11.8. The van der Waals surface area contributed by atoms with Crippen molar-refractivity contribution in [3.63, 3.8) is 0 Å². The summed E-state index contributed by atoms with van der Waals surface area (Å²) in [7, 11) is -5.38. The van der Waals surface area contributed by atoms with Gasteiger partial charge in [-0.05, 0) is 18.8 Å². The zero-order valence-corrected chi connectivity index (χ0v) is 8.37. The van der Waals surface area contributed by atoms with Gasteiger partial charge in [0.1, 0.15) is 0 Å². The molecule has 0 bridgehead atoms. The highest BCUT2D eigenvalue weighted by atomic mass is 28.5. The molecule has 0 saturated heterocycles. The van der Waals surface area contributed by atoms with Crippen molar-refractivity contribution in [2.75, 3.05) is 0 Å². The highest BCUT2D eigenvalue weighted by Crippen LogP contribution is 2.22. The van der Waals surface area contributed by atoms with Crippen LogP contribution >= 0.6 is 0 Å². The molecule has 1 unspecified atom stereocenters. The first-order chi connectivity index (χ1) is 5.45. The fourth-order valence-corrected chi connectivity index (χ4v) is 1.63. The second-order valence-electron chi connectivity index (χ2n) is 2.86. The van der Waals surface area contributed by atoms with E-state index in [0.717, 1.165) is 0 Å². The highest BCUT2D eigenvalue weighted by Gasteiger charge is 2.35. The Balaban J connectivity index is 0. The zero-order chi connectivity index (χ0) is 9.61. The third-order valence-corrected chi connectivity index (χ3v) is 2.40. The minimum absolute atomic E-state index is 0. The summed E-state index contributed by atoms with van der Waals surface area (Å²) in [4.78, 5) is 0. The van der Waals surface area contributed by atoms with Crippen molar-refractivity contribution in [1.82, 2.24) is 0 Å². The zero-order valence-electron chi connectivity index (χ0n) is 7.37. The topological polar surface area (TPSA) is 31.5 Å². The molecule has 6 heteroatoms. The van der Waals surface area contributed by atoms with Crippen molar-refractivity contribution in [3.05, 3.63) is 12.4 Å². The number of hydrogen-bond donors (Lipinski definition) is 0. The molecule has 0 fully saturated rings. The van der Waals surface area contributed by atoms with E-state index < -0.39 is 15.1 Å². The molecule has 0 rings (SSSR count). The summed E-state index contributed by atoms with van der Waals surface area (Å²) in [6.07, 6.45) is 2.14. The molecule has 0 heterocycles. The first-order valence-corrected chi connectivity index (χ1v) is 5.62. The van der Waals surface area contributed by atoms with Crippen LogP contribution in [0.15, 0.2) is 12.4 Å². The first kappa shape index (κ1) is 15.1. The average molecular weight is 218 g/mol. The Kier molecular flexibility index (Phi) is 8.24. The lowest BCUT2D eigenvalue weighted by Gasteiger charge is -2.07. The lowest BCUT2D eigenvalue weighted by molar-refractivity contribution is 0.443. The van der Waals surface area contributed by atoms with Crippen LogP contribution in [-0.2, 0) is 0 Å². The van der Waals surface area contributed by atoms with E-state index in [-0.39, 0.29) is 17.8 Å². The van der Waals surface area contributed by atoms with Crippen molar-refractivity contribution in [3.8, 4) is 0 Å². The van der Waals surface area contributed by atoms with E-state index in [1.807, 2.05) is 0 Å². The Morgan fingerprint density at radius 1 is 1.31 bits per heavy atom. The second kappa shape index (κ2) is 7.08. The fourth-order valence-electron chi connectivity index (χ4n) is 0.812. The molecule has 0 aliphatic carbocycles. The van der Waals surface area contributed by atoms with Crippen molar-refractivity contribution in [2.45, 2.75) is 25.8 Å². The monoisotopic (exact) mass is 218 g/mol. The summed E-state index contributed by atoms with van der Waals surface area (Å²) in [5.41, 5.74) is 0. The van der Waals surface area contributed by atoms with Crippen LogP contribution in [0.2, 0.25) is 6.04 Å². The standard InChI is InChI=1S/C7H12F4Si.H2O/c1-7(3-2-5-8)4-6-12(9,10)11;/h2,5,7H,3-4,6H2,1H3;1H2. The molecule has 0 saturated carbocycles. The van der Waals surface area contributed by atoms with Gasteiger partial charge in [0.25, 0.3) is 0 Å². The van der Waals surface area contributed by atoms with Gasteiger partial charge in [0.2, 0.25) is 0 Å². The Labute approximate surface area is 76.3 Å². The molecule has 0 aromatic carbocycles. The summed E-state index contributed by atoms with van der Waals surface area (Å²) >= 11 is 0. The largest absolute Gasteiger partial charge is 0.616 e. The van der Waals surface area contributed by atoms with E-state index in [2.05, 4.69) is 0 Å². The van der Waals surface area contributed by atoms with E-state index in [4.69, 9.17) is 0 Å². The van der Waals surface area contributed by atoms with Crippen LogP contribution in [0.3, 0.4) is 0 Å². The van der Waals surface area contributed by atoms with Crippen molar-refractivity contribution >= 4 is 9.08 Å². The average Bonchev–Trinajstić information content (AvgIpc) is 1.95. The van der Waals surface area contributed by atoms with E-state index in [1.165, 1.54) is 6.08 Å². The molecule has 1 nitrogen and oxygen atoms in total. The number of rotatable bonds is 5. The molecular formula is C7H14F4OSi. The SMILES string of the molecule is CC(CC=CF)CC[Si](F)(F)F.O. The van der Waals surface area contributed by atoms with Gasteiger partial charge in [-0.2, -0.15) is 0 Å². The Morgan fingerprint density at radius 3 is 2.23 bits per heavy atom. The van der Waals surface area contributed by atoms with Crippen LogP contribution in [0.5, 0.6) is 0 Å². The van der Waals surface area contributed by atoms with Crippen LogP contribution in [0, 0.1) is 5.92 Å². The number of halogens is 4. The maximum Gasteiger partial charge on any atom is 0.616 e. The van der Waals surface area contributed by atoms with Gasteiger partial charge in [0.15, 0.2) is 0 Å². The van der Waals surface area contributed by atoms with Crippen LogP contribution in [0.25, 0.3) is 0 Å². The van der Waals surface area contributed by atoms with Gasteiger partial charge in [-0.15, -0.1) is 0 Å². The van der Waals surface area contributed by atoms with Crippen molar-refractivity contribution in [2.24, 2.45) is 5.92 Å². The predicted molar refractivity (Wildman–Crippen MR) is 46.1 cm³/mol. The summed E-state index contributed by atoms with van der Waals surface area (Å²) < 4.78 is 46.8. The Hall–Kier alpha value is -0.363. The van der Waals surface area contributed by atoms with E-state index in [1.54, 1.807) is 6.92 Å². The van der Waals surface area contributed by atoms with Gasteiger partial charge < -0.3 is 5.48 Å². The smallest absolute Gasteiger partial charge is 0.412 e. The molecular weight excluding hydrogens is 204 g/mol. The summed E-state index contributed by atoms with van der Waals surface area (Å²) in [5.74, 6) is -0.0777. The molecule has 1 atom stereocenters. The van der Waals surface area contributed by atoms with Crippen LogP contribution in [0.4, 0.5) is 16.7 Å². The lowest BCUT2D eigenvalue weighted by atomic mass is 10.1. The molecule has 0 radical (unpaired) electrons. The molecule has 0 amide bonds. The van der Waals surface area contributed by atoms with Gasteiger partial charge in [0.05, 0.1) is 6.33 Å².